The second-order valence-electron chi connectivity index (χ2n) is 9.55. The lowest BCUT2D eigenvalue weighted by Gasteiger charge is -2.37. The van der Waals surface area contributed by atoms with Gasteiger partial charge in [-0.1, -0.05) is 12.1 Å². The quantitative estimate of drug-likeness (QED) is 0.376. The molecule has 1 amide bonds. The minimum absolute atomic E-state index is 0.0720. The largest absolute Gasteiger partial charge is 0.465 e. The van der Waals surface area contributed by atoms with Crippen LogP contribution in [0, 0.1) is 0 Å². The van der Waals surface area contributed by atoms with Crippen molar-refractivity contribution in [3.8, 4) is 22.4 Å². The van der Waals surface area contributed by atoms with Crippen molar-refractivity contribution in [3.05, 3.63) is 72.9 Å². The van der Waals surface area contributed by atoms with E-state index < -0.39 is 6.09 Å². The van der Waals surface area contributed by atoms with Gasteiger partial charge in [0.05, 0.1) is 5.56 Å². The summed E-state index contributed by atoms with van der Waals surface area (Å²) >= 11 is 0. The summed E-state index contributed by atoms with van der Waals surface area (Å²) in [5, 5.41) is 16.0. The van der Waals surface area contributed by atoms with Gasteiger partial charge in [0.1, 0.15) is 5.69 Å². The van der Waals surface area contributed by atoms with E-state index in [0.717, 1.165) is 70.3 Å². The van der Waals surface area contributed by atoms with Crippen molar-refractivity contribution in [1.29, 1.82) is 0 Å². The molecule has 1 aromatic carbocycles. The lowest BCUT2D eigenvalue weighted by Crippen LogP contribution is -2.45. The smallest absolute Gasteiger partial charge is 0.407 e. The van der Waals surface area contributed by atoms with Gasteiger partial charge in [0, 0.05) is 64.9 Å². The van der Waals surface area contributed by atoms with Crippen LogP contribution in [0.4, 0.5) is 4.79 Å². The topological polar surface area (TPSA) is 99.4 Å². The number of carbonyl (C=O) groups is 1. The first-order valence-corrected chi connectivity index (χ1v) is 12.0. The molecule has 7 rings (SSSR count). The Morgan fingerprint density at radius 3 is 2.57 bits per heavy atom. The molecular weight excluding hydrogens is 440 g/mol. The number of H-pyrrole nitrogens is 1. The zero-order valence-corrected chi connectivity index (χ0v) is 19.0. The van der Waals surface area contributed by atoms with E-state index in [-0.39, 0.29) is 18.0 Å². The van der Waals surface area contributed by atoms with Crippen LogP contribution in [0.1, 0.15) is 37.3 Å². The summed E-state index contributed by atoms with van der Waals surface area (Å²) < 4.78 is 2.00. The molecule has 0 saturated carbocycles. The van der Waals surface area contributed by atoms with Crippen molar-refractivity contribution in [1.82, 2.24) is 29.5 Å². The fourth-order valence-electron chi connectivity index (χ4n) is 6.27. The van der Waals surface area contributed by atoms with E-state index >= 15 is 0 Å². The first-order chi connectivity index (χ1) is 17.2. The Bertz CT molecular complexity index is 1560. The molecular formula is C27H24N6O2. The van der Waals surface area contributed by atoms with Crippen molar-refractivity contribution in [2.45, 2.75) is 43.7 Å². The summed E-state index contributed by atoms with van der Waals surface area (Å²) in [6, 6.07) is 14.5. The molecule has 2 N–H and O–H groups in total. The zero-order chi connectivity index (χ0) is 23.5. The van der Waals surface area contributed by atoms with Gasteiger partial charge in [-0.3, -0.25) is 4.98 Å². The standard InChI is InChI=1S/C27H24N6O2/c34-27(35)32-18-4-5-19(32)15-17(14-18)23-9-13-30-26-24(21-2-1-3-22-20(21)8-12-29-22)25(31-33(23)26)16-6-10-28-11-7-16/h1-3,6-13,17-19,29H,4-5,14-15H2,(H,34,35). The Balaban J connectivity index is 1.43. The van der Waals surface area contributed by atoms with Gasteiger partial charge >= 0.3 is 6.09 Å². The number of carboxylic acid groups (broad SMARTS) is 1. The van der Waals surface area contributed by atoms with E-state index in [9.17, 15) is 9.90 Å². The van der Waals surface area contributed by atoms with E-state index in [1.165, 1.54) is 0 Å². The van der Waals surface area contributed by atoms with Crippen molar-refractivity contribution in [3.63, 3.8) is 0 Å². The number of piperidine rings is 1. The molecule has 35 heavy (non-hydrogen) atoms. The number of hydrogen-bond acceptors (Lipinski definition) is 4. The second-order valence-corrected chi connectivity index (χ2v) is 9.55. The van der Waals surface area contributed by atoms with Crippen LogP contribution in [0.2, 0.25) is 0 Å². The molecule has 2 saturated heterocycles. The molecule has 0 aliphatic carbocycles. The molecule has 2 aliphatic rings. The maximum absolute atomic E-state index is 11.8. The monoisotopic (exact) mass is 464 g/mol. The molecule has 2 unspecified atom stereocenters. The van der Waals surface area contributed by atoms with Gasteiger partial charge in [0.2, 0.25) is 0 Å². The second kappa shape index (κ2) is 7.66. The van der Waals surface area contributed by atoms with Gasteiger partial charge in [-0.2, -0.15) is 5.10 Å². The maximum Gasteiger partial charge on any atom is 0.407 e. The summed E-state index contributed by atoms with van der Waals surface area (Å²) in [4.78, 5) is 25.8. The number of aromatic nitrogens is 5. The van der Waals surface area contributed by atoms with Gasteiger partial charge < -0.3 is 15.0 Å². The number of rotatable bonds is 3. The minimum Gasteiger partial charge on any atom is -0.465 e. The molecule has 8 heteroatoms. The third kappa shape index (κ3) is 3.06. The van der Waals surface area contributed by atoms with Crippen LogP contribution >= 0.6 is 0 Å². The summed E-state index contributed by atoms with van der Waals surface area (Å²) in [6.45, 7) is 0. The average Bonchev–Trinajstić information content (AvgIpc) is 3.58. The summed E-state index contributed by atoms with van der Waals surface area (Å²) in [7, 11) is 0. The maximum atomic E-state index is 11.8. The molecule has 2 bridgehead atoms. The SMILES string of the molecule is O=C(O)N1C2CCC1CC(c1ccnc3c(-c4cccc5[nH]ccc45)c(-c4ccncc4)nn13)C2. The van der Waals surface area contributed by atoms with Crippen LogP contribution in [0.5, 0.6) is 0 Å². The molecule has 2 atom stereocenters. The number of nitrogens with zero attached hydrogens (tertiary/aromatic N) is 5. The molecule has 0 radical (unpaired) electrons. The van der Waals surface area contributed by atoms with E-state index in [1.54, 1.807) is 17.3 Å². The molecule has 2 fully saturated rings. The Morgan fingerprint density at radius 2 is 1.80 bits per heavy atom. The lowest BCUT2D eigenvalue weighted by atomic mass is 9.88. The first-order valence-electron chi connectivity index (χ1n) is 12.0. The highest BCUT2D eigenvalue weighted by molar-refractivity contribution is 6.03. The van der Waals surface area contributed by atoms with Crippen LogP contribution < -0.4 is 0 Å². The Hall–Kier alpha value is -4.20. The predicted octanol–water partition coefficient (Wildman–Crippen LogP) is 5.33. The predicted molar refractivity (Wildman–Crippen MR) is 132 cm³/mol. The summed E-state index contributed by atoms with van der Waals surface area (Å²) in [6.07, 6.45) is 10.1. The van der Waals surface area contributed by atoms with E-state index in [2.05, 4.69) is 40.3 Å². The third-order valence-electron chi connectivity index (χ3n) is 7.74. The Kier molecular flexibility index (Phi) is 4.42. The van der Waals surface area contributed by atoms with Gasteiger partial charge in [-0.25, -0.2) is 14.3 Å². The van der Waals surface area contributed by atoms with E-state index in [4.69, 9.17) is 10.1 Å². The molecule has 8 nitrogen and oxygen atoms in total. The van der Waals surface area contributed by atoms with Crippen molar-refractivity contribution < 1.29 is 9.90 Å². The van der Waals surface area contributed by atoms with Gasteiger partial charge in [-0.05, 0) is 61.6 Å². The Labute approximate surface area is 201 Å². The summed E-state index contributed by atoms with van der Waals surface area (Å²) in [5.41, 5.74) is 6.91. The van der Waals surface area contributed by atoms with Gasteiger partial charge in [0.15, 0.2) is 5.65 Å². The third-order valence-corrected chi connectivity index (χ3v) is 7.74. The van der Waals surface area contributed by atoms with Crippen LogP contribution in [0.25, 0.3) is 38.9 Å². The number of pyridine rings is 1. The molecule has 0 spiro atoms. The number of nitrogens with one attached hydrogen (secondary N) is 1. The zero-order valence-electron chi connectivity index (χ0n) is 19.0. The number of hydrogen-bond donors (Lipinski definition) is 2. The average molecular weight is 465 g/mol. The van der Waals surface area contributed by atoms with Gasteiger partial charge in [-0.15, -0.1) is 0 Å². The molecule has 6 heterocycles. The lowest BCUT2D eigenvalue weighted by molar-refractivity contribution is 0.0958. The van der Waals surface area contributed by atoms with E-state index in [0.29, 0.717) is 0 Å². The number of aromatic amines is 1. The van der Waals surface area contributed by atoms with Crippen molar-refractivity contribution in [2.24, 2.45) is 0 Å². The van der Waals surface area contributed by atoms with Crippen LogP contribution in [-0.4, -0.2) is 52.7 Å². The Morgan fingerprint density at radius 1 is 1.00 bits per heavy atom. The van der Waals surface area contributed by atoms with E-state index in [1.807, 2.05) is 29.0 Å². The first kappa shape index (κ1) is 20.2. The number of benzene rings is 1. The normalized spacial score (nSPS) is 21.7. The molecule has 2 aliphatic heterocycles. The molecule has 4 aromatic heterocycles. The highest BCUT2D eigenvalue weighted by Crippen LogP contribution is 2.44. The highest BCUT2D eigenvalue weighted by Gasteiger charge is 2.44. The number of amides is 1. The van der Waals surface area contributed by atoms with Crippen LogP contribution in [0.3, 0.4) is 0 Å². The molecule has 174 valence electrons. The fraction of sp³-hybridized carbons (Fsp3) is 0.259. The number of fused-ring (bicyclic) bond motifs is 4. The summed E-state index contributed by atoms with van der Waals surface area (Å²) in [5.74, 6) is 0.231. The van der Waals surface area contributed by atoms with Crippen LogP contribution in [-0.2, 0) is 0 Å². The fourth-order valence-corrected chi connectivity index (χ4v) is 6.27. The van der Waals surface area contributed by atoms with Crippen molar-refractivity contribution in [2.75, 3.05) is 0 Å². The molecule has 5 aromatic rings. The van der Waals surface area contributed by atoms with Crippen LogP contribution in [0.15, 0.2) is 67.3 Å². The van der Waals surface area contributed by atoms with Crippen molar-refractivity contribution >= 4 is 22.6 Å². The minimum atomic E-state index is -0.795. The highest BCUT2D eigenvalue weighted by atomic mass is 16.4. The van der Waals surface area contributed by atoms with Gasteiger partial charge in [0.25, 0.3) is 0 Å².